The molecule has 122 valence electrons. The minimum atomic E-state index is -4.76. The third-order valence-electron chi connectivity index (χ3n) is 2.76. The Morgan fingerprint density at radius 2 is 1.74 bits per heavy atom. The summed E-state index contributed by atoms with van der Waals surface area (Å²) in [5.41, 5.74) is -1.24. The van der Waals surface area contributed by atoms with Crippen molar-refractivity contribution in [2.45, 2.75) is 11.9 Å². The van der Waals surface area contributed by atoms with E-state index in [0.717, 1.165) is 0 Å². The summed E-state index contributed by atoms with van der Waals surface area (Å²) in [5, 5.41) is 8.80. The number of aromatic nitrogens is 2. The third kappa shape index (κ3) is 4.25. The monoisotopic (exact) mass is 346 g/mol. The standard InChI is InChI=1S/C13H9F3N2O4S/c14-13(15,16)10-5-9(17-11(18-10)6-23(21)22)7-1-3-8(4-2-7)12(19)20/h1-5,23H,6H2,(H,19,20). The molecule has 0 unspecified atom stereocenters. The van der Waals surface area contributed by atoms with Crippen molar-refractivity contribution in [1.82, 2.24) is 9.97 Å². The Morgan fingerprint density at radius 1 is 1.13 bits per heavy atom. The normalized spacial score (nSPS) is 11.7. The number of rotatable bonds is 4. The maximum Gasteiger partial charge on any atom is 0.433 e. The molecule has 23 heavy (non-hydrogen) atoms. The molecule has 0 aliphatic heterocycles. The summed E-state index contributed by atoms with van der Waals surface area (Å²) in [7, 11) is -2.99. The van der Waals surface area contributed by atoms with Crippen molar-refractivity contribution in [2.75, 3.05) is 0 Å². The van der Waals surface area contributed by atoms with Crippen LogP contribution in [-0.4, -0.2) is 29.5 Å². The van der Waals surface area contributed by atoms with Gasteiger partial charge in [-0.15, -0.1) is 0 Å². The van der Waals surface area contributed by atoms with Gasteiger partial charge in [-0.05, 0) is 18.2 Å². The van der Waals surface area contributed by atoms with Gasteiger partial charge in [-0.25, -0.2) is 23.2 Å². The molecule has 1 heterocycles. The first-order valence-electron chi connectivity index (χ1n) is 6.07. The summed E-state index contributed by atoms with van der Waals surface area (Å²) in [4.78, 5) is 17.8. The molecule has 0 atom stereocenters. The molecule has 0 radical (unpaired) electrons. The first kappa shape index (κ1) is 16.9. The average Bonchev–Trinajstić information content (AvgIpc) is 2.45. The van der Waals surface area contributed by atoms with Gasteiger partial charge in [0.25, 0.3) is 0 Å². The SMILES string of the molecule is O=C(O)c1ccc(-c2cc(C(F)(F)F)nc(C[SH](=O)=O)n2)cc1. The Bertz CT molecular complexity index is 809. The third-order valence-corrected chi connectivity index (χ3v) is 3.30. The smallest absolute Gasteiger partial charge is 0.433 e. The van der Waals surface area contributed by atoms with Gasteiger partial charge in [0, 0.05) is 5.56 Å². The van der Waals surface area contributed by atoms with Crippen molar-refractivity contribution in [2.24, 2.45) is 0 Å². The van der Waals surface area contributed by atoms with E-state index in [2.05, 4.69) is 9.97 Å². The molecular formula is C13H9F3N2O4S. The van der Waals surface area contributed by atoms with E-state index in [0.29, 0.717) is 6.07 Å². The Balaban J connectivity index is 2.53. The van der Waals surface area contributed by atoms with Gasteiger partial charge < -0.3 is 5.11 Å². The molecule has 10 heteroatoms. The Hall–Kier alpha value is -2.49. The van der Waals surface area contributed by atoms with Gasteiger partial charge in [-0.3, -0.25) is 0 Å². The number of carboxylic acid groups (broad SMARTS) is 1. The highest BCUT2D eigenvalue weighted by Crippen LogP contribution is 2.30. The van der Waals surface area contributed by atoms with Crippen LogP contribution in [0.5, 0.6) is 0 Å². The van der Waals surface area contributed by atoms with E-state index in [4.69, 9.17) is 5.11 Å². The molecule has 1 aromatic heterocycles. The van der Waals surface area contributed by atoms with Gasteiger partial charge in [-0.1, -0.05) is 12.1 Å². The van der Waals surface area contributed by atoms with Crippen molar-refractivity contribution in [3.63, 3.8) is 0 Å². The van der Waals surface area contributed by atoms with Crippen LogP contribution in [0.4, 0.5) is 13.2 Å². The molecular weight excluding hydrogens is 337 g/mol. The number of carbonyl (C=O) groups is 1. The predicted molar refractivity (Wildman–Crippen MR) is 73.4 cm³/mol. The largest absolute Gasteiger partial charge is 0.478 e. The first-order valence-corrected chi connectivity index (χ1v) is 7.44. The van der Waals surface area contributed by atoms with Gasteiger partial charge in [0.2, 0.25) is 0 Å². The van der Waals surface area contributed by atoms with Crippen LogP contribution >= 0.6 is 0 Å². The number of aromatic carboxylic acids is 1. The van der Waals surface area contributed by atoms with Crippen LogP contribution in [0.2, 0.25) is 0 Å². The predicted octanol–water partition coefficient (Wildman–Crippen LogP) is 1.97. The fourth-order valence-electron chi connectivity index (χ4n) is 1.76. The fraction of sp³-hybridized carbons (Fsp3) is 0.154. The van der Waals surface area contributed by atoms with E-state index in [1.807, 2.05) is 0 Å². The summed E-state index contributed by atoms with van der Waals surface area (Å²) < 4.78 is 60.0. The van der Waals surface area contributed by atoms with E-state index in [1.54, 1.807) is 0 Å². The number of thiol groups is 1. The maximum atomic E-state index is 12.9. The van der Waals surface area contributed by atoms with Gasteiger partial charge >= 0.3 is 12.1 Å². The lowest BCUT2D eigenvalue weighted by Crippen LogP contribution is -2.12. The summed E-state index contributed by atoms with van der Waals surface area (Å²) in [6.45, 7) is 0. The van der Waals surface area contributed by atoms with E-state index in [1.165, 1.54) is 24.3 Å². The summed E-state index contributed by atoms with van der Waals surface area (Å²) >= 11 is 0. The molecule has 2 aromatic rings. The lowest BCUT2D eigenvalue weighted by Gasteiger charge is -2.10. The lowest BCUT2D eigenvalue weighted by atomic mass is 10.1. The summed E-state index contributed by atoms with van der Waals surface area (Å²) in [6.07, 6.45) is -4.76. The van der Waals surface area contributed by atoms with Crippen molar-refractivity contribution < 1.29 is 31.5 Å². The molecule has 0 saturated heterocycles. The van der Waals surface area contributed by atoms with Crippen LogP contribution in [-0.2, 0) is 22.6 Å². The second-order valence-electron chi connectivity index (χ2n) is 4.43. The van der Waals surface area contributed by atoms with E-state index >= 15 is 0 Å². The second kappa shape index (κ2) is 6.32. The van der Waals surface area contributed by atoms with Crippen LogP contribution < -0.4 is 0 Å². The topological polar surface area (TPSA) is 97.2 Å². The van der Waals surface area contributed by atoms with Crippen LogP contribution in [0, 0.1) is 0 Å². The quantitative estimate of drug-likeness (QED) is 0.822. The molecule has 0 amide bonds. The number of hydrogen-bond acceptors (Lipinski definition) is 5. The molecule has 6 nitrogen and oxygen atoms in total. The van der Waals surface area contributed by atoms with Crippen LogP contribution in [0.15, 0.2) is 30.3 Å². The number of carboxylic acids is 1. The van der Waals surface area contributed by atoms with Gasteiger partial charge in [-0.2, -0.15) is 13.2 Å². The highest BCUT2D eigenvalue weighted by atomic mass is 32.2. The van der Waals surface area contributed by atoms with Crippen molar-refractivity contribution in [1.29, 1.82) is 0 Å². The number of halogens is 3. The molecule has 2 rings (SSSR count). The Kier molecular flexibility index (Phi) is 4.64. The number of benzene rings is 1. The second-order valence-corrected chi connectivity index (χ2v) is 5.41. The number of nitrogens with zero attached hydrogens (tertiary/aromatic N) is 2. The van der Waals surface area contributed by atoms with Crippen molar-refractivity contribution in [3.05, 3.63) is 47.4 Å². The molecule has 1 aromatic carbocycles. The van der Waals surface area contributed by atoms with Crippen LogP contribution in [0.25, 0.3) is 11.3 Å². The molecule has 1 N–H and O–H groups in total. The van der Waals surface area contributed by atoms with Crippen LogP contribution in [0.1, 0.15) is 21.9 Å². The zero-order valence-corrected chi connectivity index (χ0v) is 12.1. The highest BCUT2D eigenvalue weighted by molar-refractivity contribution is 7.71. The van der Waals surface area contributed by atoms with Crippen molar-refractivity contribution >= 4 is 16.7 Å². The highest BCUT2D eigenvalue weighted by Gasteiger charge is 2.33. The molecule has 0 spiro atoms. The molecule has 0 fully saturated rings. The maximum absolute atomic E-state index is 12.9. The molecule has 0 aliphatic rings. The van der Waals surface area contributed by atoms with Gasteiger partial charge in [0.15, 0.2) is 0 Å². The lowest BCUT2D eigenvalue weighted by molar-refractivity contribution is -0.141. The molecule has 0 aliphatic carbocycles. The Morgan fingerprint density at radius 3 is 2.22 bits per heavy atom. The molecule has 0 bridgehead atoms. The first-order chi connectivity index (χ1) is 10.7. The average molecular weight is 346 g/mol. The van der Waals surface area contributed by atoms with Gasteiger partial charge in [0.1, 0.15) is 28.0 Å². The Labute approximate surface area is 129 Å². The van der Waals surface area contributed by atoms with E-state index in [-0.39, 0.29) is 16.8 Å². The summed E-state index contributed by atoms with van der Waals surface area (Å²) in [5.74, 6) is -2.38. The minimum Gasteiger partial charge on any atom is -0.478 e. The fourth-order valence-corrected chi connectivity index (χ4v) is 2.13. The summed E-state index contributed by atoms with van der Waals surface area (Å²) in [6, 6.07) is 5.67. The van der Waals surface area contributed by atoms with Crippen molar-refractivity contribution in [3.8, 4) is 11.3 Å². The molecule has 0 saturated carbocycles. The van der Waals surface area contributed by atoms with Crippen LogP contribution in [0.3, 0.4) is 0 Å². The number of alkyl halides is 3. The van der Waals surface area contributed by atoms with E-state index in [9.17, 15) is 26.4 Å². The zero-order valence-electron chi connectivity index (χ0n) is 11.2. The minimum absolute atomic E-state index is 0.0401. The number of hydrogen-bond donors (Lipinski definition) is 2. The van der Waals surface area contributed by atoms with Gasteiger partial charge in [0.05, 0.1) is 11.3 Å². The zero-order chi connectivity index (χ0) is 17.2. The van der Waals surface area contributed by atoms with E-state index < -0.39 is 40.1 Å².